The van der Waals surface area contributed by atoms with Gasteiger partial charge >= 0.3 is 12.1 Å². The van der Waals surface area contributed by atoms with Crippen LogP contribution in [0.3, 0.4) is 0 Å². The van der Waals surface area contributed by atoms with Crippen molar-refractivity contribution in [1.29, 1.82) is 0 Å². The highest BCUT2D eigenvalue weighted by Crippen LogP contribution is 2.33. The summed E-state index contributed by atoms with van der Waals surface area (Å²) in [6, 6.07) is 14.5. The zero-order valence-electron chi connectivity index (χ0n) is 13.2. The van der Waals surface area contributed by atoms with Crippen molar-refractivity contribution >= 4 is 23.4 Å². The van der Waals surface area contributed by atoms with E-state index in [9.17, 15) is 9.59 Å². The van der Waals surface area contributed by atoms with E-state index in [-0.39, 0.29) is 12.6 Å². The van der Waals surface area contributed by atoms with Crippen LogP contribution in [0.4, 0.5) is 16.2 Å². The molecule has 1 atom stereocenters. The van der Waals surface area contributed by atoms with Gasteiger partial charge in [0, 0.05) is 6.42 Å². The molecule has 6 heteroatoms. The van der Waals surface area contributed by atoms with Gasteiger partial charge in [-0.3, -0.25) is 5.32 Å². The molecule has 0 radical (unpaired) electrons. The van der Waals surface area contributed by atoms with E-state index in [0.29, 0.717) is 12.1 Å². The summed E-state index contributed by atoms with van der Waals surface area (Å²) in [5.41, 5.74) is 3.17. The predicted octanol–water partition coefficient (Wildman–Crippen LogP) is 2.94. The first-order valence-corrected chi connectivity index (χ1v) is 7.61. The molecular weight excluding hydrogens is 308 g/mol. The summed E-state index contributed by atoms with van der Waals surface area (Å²) in [7, 11) is 1.35. The average Bonchev–Trinajstić information content (AvgIpc) is 3.05. The standard InChI is InChI=1S/C18H18N2O4/c1-23-17(21)15-10-13-8-5-9-14(16(13)19-15)20-18(22)24-11-12-6-3-2-4-7-12/h2-9,15,19H,10-11H2,1H3,(H,20,22). The second-order valence-electron chi connectivity index (χ2n) is 5.45. The summed E-state index contributed by atoms with van der Waals surface area (Å²) in [5.74, 6) is -0.330. The molecule has 1 amide bonds. The third-order valence-electron chi connectivity index (χ3n) is 3.83. The van der Waals surface area contributed by atoms with E-state index in [2.05, 4.69) is 10.6 Å². The van der Waals surface area contributed by atoms with Crippen LogP contribution < -0.4 is 10.6 Å². The molecule has 1 heterocycles. The van der Waals surface area contributed by atoms with Crippen molar-refractivity contribution in [3.05, 3.63) is 59.7 Å². The molecule has 0 bridgehead atoms. The lowest BCUT2D eigenvalue weighted by molar-refractivity contribution is -0.141. The average molecular weight is 326 g/mol. The lowest BCUT2D eigenvalue weighted by Gasteiger charge is -2.12. The number of para-hydroxylation sites is 1. The number of ether oxygens (including phenoxy) is 2. The summed E-state index contributed by atoms with van der Waals surface area (Å²) in [4.78, 5) is 23.7. The molecule has 2 aromatic rings. The molecule has 24 heavy (non-hydrogen) atoms. The van der Waals surface area contributed by atoms with Crippen molar-refractivity contribution in [3.63, 3.8) is 0 Å². The predicted molar refractivity (Wildman–Crippen MR) is 89.8 cm³/mol. The zero-order valence-corrected chi connectivity index (χ0v) is 13.2. The molecule has 0 aliphatic carbocycles. The Morgan fingerprint density at radius 3 is 2.71 bits per heavy atom. The largest absolute Gasteiger partial charge is 0.467 e. The summed E-state index contributed by atoms with van der Waals surface area (Å²) < 4.78 is 9.98. The van der Waals surface area contributed by atoms with Crippen molar-refractivity contribution in [2.45, 2.75) is 19.1 Å². The van der Waals surface area contributed by atoms with E-state index in [0.717, 1.165) is 16.8 Å². The fraction of sp³-hybridized carbons (Fsp3) is 0.222. The highest BCUT2D eigenvalue weighted by molar-refractivity contribution is 5.93. The Labute approximate surface area is 139 Å². The second kappa shape index (κ2) is 7.04. The Hall–Kier alpha value is -3.02. The smallest absolute Gasteiger partial charge is 0.412 e. The maximum absolute atomic E-state index is 12.0. The molecule has 6 nitrogen and oxygen atoms in total. The Morgan fingerprint density at radius 1 is 1.17 bits per heavy atom. The summed E-state index contributed by atoms with van der Waals surface area (Å²) in [6.45, 7) is 0.194. The Balaban J connectivity index is 1.64. The van der Waals surface area contributed by atoms with Crippen molar-refractivity contribution < 1.29 is 19.1 Å². The van der Waals surface area contributed by atoms with Gasteiger partial charge in [-0.15, -0.1) is 0 Å². The van der Waals surface area contributed by atoms with Crippen LogP contribution in [0.1, 0.15) is 11.1 Å². The SMILES string of the molecule is COC(=O)C1Cc2cccc(NC(=O)OCc3ccccc3)c2N1. The number of esters is 1. The van der Waals surface area contributed by atoms with Crippen LogP contribution >= 0.6 is 0 Å². The molecule has 2 aromatic carbocycles. The molecule has 0 fully saturated rings. The van der Waals surface area contributed by atoms with Gasteiger partial charge in [0.15, 0.2) is 0 Å². The van der Waals surface area contributed by atoms with E-state index in [1.54, 1.807) is 6.07 Å². The fourth-order valence-electron chi connectivity index (χ4n) is 2.64. The maximum atomic E-state index is 12.0. The van der Waals surface area contributed by atoms with Crippen LogP contribution in [0, 0.1) is 0 Å². The van der Waals surface area contributed by atoms with Crippen LogP contribution in [0.2, 0.25) is 0 Å². The van der Waals surface area contributed by atoms with Gasteiger partial charge in [0.1, 0.15) is 12.6 Å². The fourth-order valence-corrected chi connectivity index (χ4v) is 2.64. The molecule has 3 rings (SSSR count). The number of methoxy groups -OCH3 is 1. The summed E-state index contributed by atoms with van der Waals surface area (Å²) >= 11 is 0. The molecule has 0 saturated heterocycles. The van der Waals surface area contributed by atoms with Crippen LogP contribution in [-0.2, 0) is 27.3 Å². The molecule has 0 saturated carbocycles. The normalized spacial score (nSPS) is 15.1. The van der Waals surface area contributed by atoms with E-state index < -0.39 is 12.1 Å². The molecule has 2 N–H and O–H groups in total. The van der Waals surface area contributed by atoms with Crippen molar-refractivity contribution in [1.82, 2.24) is 0 Å². The first kappa shape index (κ1) is 15.9. The van der Waals surface area contributed by atoms with Crippen molar-refractivity contribution in [2.24, 2.45) is 0 Å². The van der Waals surface area contributed by atoms with E-state index in [1.807, 2.05) is 42.5 Å². The molecule has 1 aliphatic heterocycles. The van der Waals surface area contributed by atoms with Gasteiger partial charge in [0.05, 0.1) is 18.5 Å². The lowest BCUT2D eigenvalue weighted by Crippen LogP contribution is -2.28. The highest BCUT2D eigenvalue weighted by atomic mass is 16.5. The monoisotopic (exact) mass is 326 g/mol. The minimum absolute atomic E-state index is 0.194. The van der Waals surface area contributed by atoms with Gasteiger partial charge in [0.2, 0.25) is 0 Å². The molecular formula is C18H18N2O4. The van der Waals surface area contributed by atoms with Crippen LogP contribution in [0.25, 0.3) is 0 Å². The number of carbonyl (C=O) groups excluding carboxylic acids is 2. The number of hydrogen-bond acceptors (Lipinski definition) is 5. The lowest BCUT2D eigenvalue weighted by atomic mass is 10.1. The molecule has 0 aromatic heterocycles. The maximum Gasteiger partial charge on any atom is 0.412 e. The number of fused-ring (bicyclic) bond motifs is 1. The van der Waals surface area contributed by atoms with Gasteiger partial charge in [-0.2, -0.15) is 0 Å². The zero-order chi connectivity index (χ0) is 16.9. The number of nitrogens with one attached hydrogen (secondary N) is 2. The Morgan fingerprint density at radius 2 is 1.96 bits per heavy atom. The van der Waals surface area contributed by atoms with Crippen molar-refractivity contribution in [2.75, 3.05) is 17.7 Å². The van der Waals surface area contributed by atoms with Gasteiger partial charge in [-0.25, -0.2) is 9.59 Å². The summed E-state index contributed by atoms with van der Waals surface area (Å²) in [5, 5.41) is 5.80. The quantitative estimate of drug-likeness (QED) is 0.845. The Kier molecular flexibility index (Phi) is 4.65. The first-order valence-electron chi connectivity index (χ1n) is 7.61. The van der Waals surface area contributed by atoms with Gasteiger partial charge in [-0.05, 0) is 17.2 Å². The van der Waals surface area contributed by atoms with Gasteiger partial charge in [-0.1, -0.05) is 42.5 Å². The Bertz CT molecular complexity index is 746. The first-order chi connectivity index (χ1) is 11.7. The third kappa shape index (κ3) is 3.48. The van der Waals surface area contributed by atoms with Gasteiger partial charge < -0.3 is 14.8 Å². The molecule has 0 spiro atoms. The number of anilines is 2. The summed E-state index contributed by atoms with van der Waals surface area (Å²) in [6.07, 6.45) is -0.0214. The second-order valence-corrected chi connectivity index (χ2v) is 5.45. The van der Waals surface area contributed by atoms with Crippen LogP contribution in [-0.4, -0.2) is 25.2 Å². The minimum Gasteiger partial charge on any atom is -0.467 e. The van der Waals surface area contributed by atoms with E-state index in [4.69, 9.17) is 9.47 Å². The van der Waals surface area contributed by atoms with Crippen LogP contribution in [0.15, 0.2) is 48.5 Å². The van der Waals surface area contributed by atoms with Crippen molar-refractivity contribution in [3.8, 4) is 0 Å². The van der Waals surface area contributed by atoms with E-state index in [1.165, 1.54) is 7.11 Å². The number of rotatable bonds is 4. The minimum atomic E-state index is -0.546. The molecule has 1 unspecified atom stereocenters. The van der Waals surface area contributed by atoms with Gasteiger partial charge in [0.25, 0.3) is 0 Å². The number of carbonyl (C=O) groups is 2. The topological polar surface area (TPSA) is 76.7 Å². The number of benzene rings is 2. The van der Waals surface area contributed by atoms with E-state index >= 15 is 0 Å². The number of amides is 1. The highest BCUT2D eigenvalue weighted by Gasteiger charge is 2.29. The van der Waals surface area contributed by atoms with Crippen LogP contribution in [0.5, 0.6) is 0 Å². The third-order valence-corrected chi connectivity index (χ3v) is 3.83. The molecule has 124 valence electrons. The molecule has 1 aliphatic rings. The number of hydrogen-bond donors (Lipinski definition) is 2.